The predicted octanol–water partition coefficient (Wildman–Crippen LogP) is 2.55. The van der Waals surface area contributed by atoms with E-state index in [4.69, 9.17) is 0 Å². The molecule has 25 heavy (non-hydrogen) atoms. The summed E-state index contributed by atoms with van der Waals surface area (Å²) in [6.45, 7) is 2.75. The monoisotopic (exact) mass is 343 g/mol. The third-order valence-electron chi connectivity index (χ3n) is 3.74. The number of hydrogen-bond donors (Lipinski definition) is 3. The molecule has 0 bridgehead atoms. The second-order valence-corrected chi connectivity index (χ2v) is 5.83. The molecule has 0 spiro atoms. The van der Waals surface area contributed by atoms with Crippen LogP contribution in [-0.2, 0) is 11.3 Å². The maximum absolute atomic E-state index is 12.9. The molecule has 2 aromatic rings. The third-order valence-corrected chi connectivity index (χ3v) is 3.74. The Kier molecular flexibility index (Phi) is 6.65. The van der Waals surface area contributed by atoms with E-state index in [0.717, 1.165) is 5.56 Å². The zero-order chi connectivity index (χ0) is 18.2. The normalized spacial score (nSPS) is 11.6. The zero-order valence-electron chi connectivity index (χ0n) is 14.3. The average Bonchev–Trinajstić information content (AvgIpc) is 2.61. The van der Waals surface area contributed by atoms with Crippen LogP contribution in [-0.4, -0.2) is 25.4 Å². The lowest BCUT2D eigenvalue weighted by molar-refractivity contribution is -0.119. The van der Waals surface area contributed by atoms with Crippen LogP contribution in [0.2, 0.25) is 0 Å². The van der Waals surface area contributed by atoms with Crippen LogP contribution >= 0.6 is 0 Å². The lowest BCUT2D eigenvalue weighted by atomic mass is 10.1. The first kappa shape index (κ1) is 18.6. The van der Waals surface area contributed by atoms with Gasteiger partial charge in [-0.1, -0.05) is 19.1 Å². The molecule has 3 N–H and O–H groups in total. The summed E-state index contributed by atoms with van der Waals surface area (Å²) >= 11 is 0. The van der Waals surface area contributed by atoms with Crippen molar-refractivity contribution in [2.24, 2.45) is 5.92 Å². The summed E-state index contributed by atoms with van der Waals surface area (Å²) in [5.74, 6) is -0.769. The topological polar surface area (TPSA) is 70.2 Å². The van der Waals surface area contributed by atoms with Crippen LogP contribution in [0.15, 0.2) is 48.5 Å². The maximum atomic E-state index is 12.9. The van der Waals surface area contributed by atoms with Gasteiger partial charge in [0.25, 0.3) is 5.91 Å². The molecule has 1 unspecified atom stereocenters. The van der Waals surface area contributed by atoms with Crippen molar-refractivity contribution in [3.63, 3.8) is 0 Å². The van der Waals surface area contributed by atoms with Gasteiger partial charge in [0.15, 0.2) is 0 Å². The highest BCUT2D eigenvalue weighted by atomic mass is 19.1. The van der Waals surface area contributed by atoms with Gasteiger partial charge in [-0.2, -0.15) is 0 Å². The molecule has 0 radical (unpaired) electrons. The van der Waals surface area contributed by atoms with Gasteiger partial charge in [-0.15, -0.1) is 0 Å². The number of carbonyl (C=O) groups excluding carboxylic acids is 2. The van der Waals surface area contributed by atoms with Gasteiger partial charge in [-0.25, -0.2) is 4.39 Å². The van der Waals surface area contributed by atoms with Crippen molar-refractivity contribution in [3.05, 3.63) is 65.5 Å². The number of anilines is 1. The van der Waals surface area contributed by atoms with E-state index in [2.05, 4.69) is 16.0 Å². The first-order valence-electron chi connectivity index (χ1n) is 8.07. The van der Waals surface area contributed by atoms with E-state index in [1.165, 1.54) is 12.1 Å². The molecule has 5 nitrogen and oxygen atoms in total. The summed E-state index contributed by atoms with van der Waals surface area (Å²) in [6.07, 6.45) is 0. The number of carbonyl (C=O) groups is 2. The molecule has 0 saturated heterocycles. The molecule has 0 aliphatic rings. The molecule has 2 aromatic carbocycles. The van der Waals surface area contributed by atoms with Gasteiger partial charge >= 0.3 is 0 Å². The van der Waals surface area contributed by atoms with Gasteiger partial charge in [0, 0.05) is 30.3 Å². The standard InChI is InChI=1S/C19H22FN3O2/c1-13(11-21-2)18(24)23-17-9-5-15(6-10-17)19(25)22-12-14-3-7-16(20)8-4-14/h3-10,13,21H,11-12H2,1-2H3,(H,22,25)(H,23,24). The lowest BCUT2D eigenvalue weighted by Crippen LogP contribution is -2.28. The number of halogens is 1. The van der Waals surface area contributed by atoms with Gasteiger partial charge < -0.3 is 16.0 Å². The Morgan fingerprint density at radius 1 is 1.04 bits per heavy atom. The first-order valence-corrected chi connectivity index (χ1v) is 8.07. The highest BCUT2D eigenvalue weighted by Crippen LogP contribution is 2.11. The highest BCUT2D eigenvalue weighted by molar-refractivity contribution is 5.96. The van der Waals surface area contributed by atoms with Crippen LogP contribution in [0.25, 0.3) is 0 Å². The van der Waals surface area contributed by atoms with Crippen molar-refractivity contribution < 1.29 is 14.0 Å². The molecule has 2 amide bonds. The van der Waals surface area contributed by atoms with Crippen molar-refractivity contribution in [1.29, 1.82) is 0 Å². The van der Waals surface area contributed by atoms with E-state index >= 15 is 0 Å². The number of amides is 2. The van der Waals surface area contributed by atoms with Crippen molar-refractivity contribution in [1.82, 2.24) is 10.6 Å². The van der Waals surface area contributed by atoms with Crippen molar-refractivity contribution >= 4 is 17.5 Å². The van der Waals surface area contributed by atoms with E-state index in [1.54, 1.807) is 43.4 Å². The maximum Gasteiger partial charge on any atom is 0.251 e. The van der Waals surface area contributed by atoms with E-state index in [-0.39, 0.29) is 23.5 Å². The molecular formula is C19H22FN3O2. The molecule has 2 rings (SSSR count). The fourth-order valence-electron chi connectivity index (χ4n) is 2.26. The molecule has 6 heteroatoms. The Hall–Kier alpha value is -2.73. The minimum absolute atomic E-state index is 0.0807. The summed E-state index contributed by atoms with van der Waals surface area (Å²) in [5, 5.41) is 8.54. The van der Waals surface area contributed by atoms with Gasteiger partial charge in [-0.05, 0) is 49.0 Å². The van der Waals surface area contributed by atoms with E-state index < -0.39 is 0 Å². The van der Waals surface area contributed by atoms with Crippen LogP contribution in [0.4, 0.5) is 10.1 Å². The van der Waals surface area contributed by atoms with E-state index in [1.807, 2.05) is 6.92 Å². The van der Waals surface area contributed by atoms with E-state index in [9.17, 15) is 14.0 Å². The average molecular weight is 343 g/mol. The Balaban J connectivity index is 1.89. The first-order chi connectivity index (χ1) is 12.0. The number of rotatable bonds is 7. The summed E-state index contributed by atoms with van der Waals surface area (Å²) in [4.78, 5) is 24.1. The molecule has 0 aliphatic heterocycles. The smallest absolute Gasteiger partial charge is 0.251 e. The molecular weight excluding hydrogens is 321 g/mol. The van der Waals surface area contributed by atoms with Gasteiger partial charge in [-0.3, -0.25) is 9.59 Å². The molecule has 0 fully saturated rings. The Bertz CT molecular complexity index is 714. The summed E-state index contributed by atoms with van der Waals surface area (Å²) in [6, 6.07) is 12.6. The van der Waals surface area contributed by atoms with Gasteiger partial charge in [0.2, 0.25) is 5.91 Å². The Morgan fingerprint density at radius 2 is 1.68 bits per heavy atom. The van der Waals surface area contributed by atoms with Gasteiger partial charge in [0.1, 0.15) is 5.82 Å². The SMILES string of the molecule is CNCC(C)C(=O)Nc1ccc(C(=O)NCc2ccc(F)cc2)cc1. The van der Waals surface area contributed by atoms with Crippen LogP contribution < -0.4 is 16.0 Å². The number of hydrogen-bond acceptors (Lipinski definition) is 3. The van der Waals surface area contributed by atoms with Crippen LogP contribution in [0.5, 0.6) is 0 Å². The van der Waals surface area contributed by atoms with Crippen molar-refractivity contribution in [2.45, 2.75) is 13.5 Å². The molecule has 1 atom stereocenters. The molecule has 0 aliphatic carbocycles. The van der Waals surface area contributed by atoms with Crippen LogP contribution in [0.1, 0.15) is 22.8 Å². The third kappa shape index (κ3) is 5.69. The largest absolute Gasteiger partial charge is 0.348 e. The Labute approximate surface area is 146 Å². The number of nitrogens with one attached hydrogen (secondary N) is 3. The molecule has 0 aromatic heterocycles. The highest BCUT2D eigenvalue weighted by Gasteiger charge is 2.12. The van der Waals surface area contributed by atoms with Crippen molar-refractivity contribution in [2.75, 3.05) is 18.9 Å². The van der Waals surface area contributed by atoms with Crippen molar-refractivity contribution in [3.8, 4) is 0 Å². The minimum atomic E-state index is -0.309. The Morgan fingerprint density at radius 3 is 2.28 bits per heavy atom. The summed E-state index contributed by atoms with van der Waals surface area (Å²) in [7, 11) is 1.79. The van der Waals surface area contributed by atoms with Crippen LogP contribution in [0.3, 0.4) is 0 Å². The molecule has 0 saturated carbocycles. The second kappa shape index (κ2) is 8.94. The minimum Gasteiger partial charge on any atom is -0.348 e. The van der Waals surface area contributed by atoms with Crippen LogP contribution in [0, 0.1) is 11.7 Å². The quantitative estimate of drug-likeness (QED) is 0.724. The second-order valence-electron chi connectivity index (χ2n) is 5.83. The zero-order valence-corrected chi connectivity index (χ0v) is 14.3. The summed E-state index contributed by atoms with van der Waals surface area (Å²) < 4.78 is 12.9. The lowest BCUT2D eigenvalue weighted by Gasteiger charge is -2.12. The molecule has 0 heterocycles. The van der Waals surface area contributed by atoms with E-state index in [0.29, 0.717) is 24.3 Å². The predicted molar refractivity (Wildman–Crippen MR) is 95.7 cm³/mol. The fraction of sp³-hybridized carbons (Fsp3) is 0.263. The molecule has 132 valence electrons. The summed E-state index contributed by atoms with van der Waals surface area (Å²) in [5.41, 5.74) is 1.95. The van der Waals surface area contributed by atoms with Gasteiger partial charge in [0.05, 0.1) is 0 Å². The number of benzene rings is 2. The fourth-order valence-corrected chi connectivity index (χ4v) is 2.26.